The van der Waals surface area contributed by atoms with Crippen molar-refractivity contribution in [1.82, 2.24) is 4.31 Å². The third-order valence-corrected chi connectivity index (χ3v) is 7.50. The number of nitrogens with zero attached hydrogens (tertiary/aromatic N) is 1. The lowest BCUT2D eigenvalue weighted by Gasteiger charge is -2.32. The second kappa shape index (κ2) is 6.60. The zero-order chi connectivity index (χ0) is 19.3. The van der Waals surface area contributed by atoms with Crippen LogP contribution < -0.4 is 11.2 Å². The number of nitrogens with two attached hydrogens (primary N) is 1. The second-order valence-electron chi connectivity index (χ2n) is 8.43. The van der Waals surface area contributed by atoms with Crippen molar-refractivity contribution in [2.24, 2.45) is 5.73 Å². The van der Waals surface area contributed by atoms with Crippen molar-refractivity contribution >= 4 is 22.6 Å². The highest BCUT2D eigenvalue weighted by Gasteiger charge is 2.52. The fourth-order valence-electron chi connectivity index (χ4n) is 3.38. The van der Waals surface area contributed by atoms with E-state index in [1.54, 1.807) is 12.1 Å². The summed E-state index contributed by atoms with van der Waals surface area (Å²) in [4.78, 5) is 0.274. The van der Waals surface area contributed by atoms with Gasteiger partial charge in [0, 0.05) is 19.1 Å². The van der Waals surface area contributed by atoms with Crippen LogP contribution >= 0.6 is 0 Å². The third kappa shape index (κ3) is 3.58. The quantitative estimate of drug-likeness (QED) is 0.802. The van der Waals surface area contributed by atoms with Crippen LogP contribution in [0.1, 0.15) is 46.1 Å². The largest absolute Gasteiger partial charge is 0.494 e. The Kier molecular flexibility index (Phi) is 5.03. The highest BCUT2D eigenvalue weighted by atomic mass is 32.2. The highest BCUT2D eigenvalue weighted by Crippen LogP contribution is 2.36. The number of sulfonamides is 1. The number of piperidine rings is 1. The molecule has 1 aromatic carbocycles. The van der Waals surface area contributed by atoms with Crippen molar-refractivity contribution in [3.8, 4) is 0 Å². The van der Waals surface area contributed by atoms with E-state index in [-0.39, 0.29) is 10.9 Å². The van der Waals surface area contributed by atoms with Gasteiger partial charge in [-0.2, -0.15) is 4.31 Å². The Morgan fingerprint density at radius 1 is 1.15 bits per heavy atom. The molecule has 8 heteroatoms. The summed E-state index contributed by atoms with van der Waals surface area (Å²) in [6, 6.07) is 5.18. The Morgan fingerprint density at radius 3 is 2.35 bits per heavy atom. The molecular formula is C18H29BN2O4S. The van der Waals surface area contributed by atoms with Gasteiger partial charge in [0.25, 0.3) is 0 Å². The maximum absolute atomic E-state index is 13.1. The third-order valence-electron chi connectivity index (χ3n) is 5.66. The van der Waals surface area contributed by atoms with Crippen molar-refractivity contribution < 1.29 is 17.7 Å². The van der Waals surface area contributed by atoms with Gasteiger partial charge >= 0.3 is 7.12 Å². The van der Waals surface area contributed by atoms with Crippen molar-refractivity contribution in [3.05, 3.63) is 23.8 Å². The molecule has 0 bridgehead atoms. The van der Waals surface area contributed by atoms with Gasteiger partial charge in [0.1, 0.15) is 0 Å². The number of hydrogen-bond acceptors (Lipinski definition) is 5. The average molecular weight is 380 g/mol. The van der Waals surface area contributed by atoms with Gasteiger partial charge < -0.3 is 15.0 Å². The summed E-state index contributed by atoms with van der Waals surface area (Å²) in [7, 11) is -4.17. The Balaban J connectivity index is 1.94. The molecule has 144 valence electrons. The van der Waals surface area contributed by atoms with E-state index < -0.39 is 28.3 Å². The molecule has 0 amide bonds. The van der Waals surface area contributed by atoms with Crippen molar-refractivity contribution in [2.75, 3.05) is 13.1 Å². The topological polar surface area (TPSA) is 81.9 Å². The smallest absolute Gasteiger partial charge is 0.399 e. The van der Waals surface area contributed by atoms with Crippen LogP contribution in [0, 0.1) is 6.92 Å². The number of hydrogen-bond donors (Lipinski definition) is 1. The van der Waals surface area contributed by atoms with E-state index in [0.29, 0.717) is 13.1 Å². The van der Waals surface area contributed by atoms with Crippen molar-refractivity contribution in [1.29, 1.82) is 0 Å². The lowest BCUT2D eigenvalue weighted by Crippen LogP contribution is -2.46. The van der Waals surface area contributed by atoms with Gasteiger partial charge in [-0.25, -0.2) is 8.42 Å². The molecule has 2 fully saturated rings. The molecule has 2 heterocycles. The average Bonchev–Trinajstić information content (AvgIpc) is 2.75. The van der Waals surface area contributed by atoms with Gasteiger partial charge in [-0.1, -0.05) is 11.6 Å². The van der Waals surface area contributed by atoms with Crippen LogP contribution in [0.2, 0.25) is 0 Å². The first-order chi connectivity index (χ1) is 11.9. The molecule has 2 saturated heterocycles. The lowest BCUT2D eigenvalue weighted by molar-refractivity contribution is 0.00578. The molecule has 1 unspecified atom stereocenters. The summed E-state index contributed by atoms with van der Waals surface area (Å²) in [6.07, 6.45) is 1.65. The number of benzene rings is 1. The molecule has 0 aromatic heterocycles. The first-order valence-electron chi connectivity index (χ1n) is 9.15. The molecule has 0 saturated carbocycles. The molecule has 1 atom stereocenters. The van der Waals surface area contributed by atoms with Crippen molar-refractivity contribution in [2.45, 2.75) is 69.6 Å². The van der Waals surface area contributed by atoms with Crippen LogP contribution in [0.3, 0.4) is 0 Å². The van der Waals surface area contributed by atoms with Gasteiger partial charge in [0.2, 0.25) is 10.0 Å². The molecule has 3 rings (SSSR count). The predicted molar refractivity (Wildman–Crippen MR) is 103 cm³/mol. The first-order valence-corrected chi connectivity index (χ1v) is 10.6. The van der Waals surface area contributed by atoms with Crippen LogP contribution in [0.25, 0.3) is 0 Å². The Labute approximate surface area is 157 Å². The zero-order valence-electron chi connectivity index (χ0n) is 16.3. The summed E-state index contributed by atoms with van der Waals surface area (Å²) in [5, 5.41) is 0. The Morgan fingerprint density at radius 2 is 1.77 bits per heavy atom. The molecule has 0 aliphatic carbocycles. The molecule has 26 heavy (non-hydrogen) atoms. The van der Waals surface area contributed by atoms with E-state index in [2.05, 4.69) is 0 Å². The molecule has 0 spiro atoms. The molecule has 2 aliphatic heterocycles. The van der Waals surface area contributed by atoms with Crippen LogP contribution in [-0.4, -0.2) is 50.2 Å². The summed E-state index contributed by atoms with van der Waals surface area (Å²) < 4.78 is 39.9. The minimum Gasteiger partial charge on any atom is -0.399 e. The van der Waals surface area contributed by atoms with E-state index in [1.165, 1.54) is 4.31 Å². The van der Waals surface area contributed by atoms with E-state index in [9.17, 15) is 8.42 Å². The van der Waals surface area contributed by atoms with Gasteiger partial charge in [0.15, 0.2) is 0 Å². The SMILES string of the molecule is Cc1cc(B2OC(C)(C)C(C)(C)O2)cc(S(=O)(=O)N2CCCC(N)C2)c1. The minimum absolute atomic E-state index is 0.106. The summed E-state index contributed by atoms with van der Waals surface area (Å²) >= 11 is 0. The molecule has 1 aromatic rings. The maximum atomic E-state index is 13.1. The second-order valence-corrected chi connectivity index (χ2v) is 10.4. The maximum Gasteiger partial charge on any atom is 0.494 e. The first kappa shape index (κ1) is 19.8. The molecular weight excluding hydrogens is 351 g/mol. The zero-order valence-corrected chi connectivity index (χ0v) is 17.1. The number of aryl methyl sites for hydroxylation is 1. The summed E-state index contributed by atoms with van der Waals surface area (Å²) in [5.41, 5.74) is 6.61. The lowest BCUT2D eigenvalue weighted by atomic mass is 9.78. The summed E-state index contributed by atoms with van der Waals surface area (Å²) in [6.45, 7) is 10.7. The van der Waals surface area contributed by atoms with E-state index in [0.717, 1.165) is 23.9 Å². The normalized spacial score (nSPS) is 26.2. The van der Waals surface area contributed by atoms with Gasteiger partial charge in [-0.15, -0.1) is 0 Å². The Hall–Kier alpha value is -0.925. The van der Waals surface area contributed by atoms with Gasteiger partial charge in [-0.05, 0) is 65.1 Å². The summed E-state index contributed by atoms with van der Waals surface area (Å²) in [5.74, 6) is 0. The minimum atomic E-state index is -3.58. The van der Waals surface area contributed by atoms with Crippen LogP contribution in [0.5, 0.6) is 0 Å². The fourth-order valence-corrected chi connectivity index (χ4v) is 5.06. The van der Waals surface area contributed by atoms with Crippen molar-refractivity contribution in [3.63, 3.8) is 0 Å². The van der Waals surface area contributed by atoms with E-state index in [4.69, 9.17) is 15.0 Å². The van der Waals surface area contributed by atoms with Crippen LogP contribution in [-0.2, 0) is 19.3 Å². The van der Waals surface area contributed by atoms with E-state index >= 15 is 0 Å². The van der Waals surface area contributed by atoms with Crippen LogP contribution in [0.4, 0.5) is 0 Å². The highest BCUT2D eigenvalue weighted by molar-refractivity contribution is 7.89. The van der Waals surface area contributed by atoms with Gasteiger partial charge in [0.05, 0.1) is 16.1 Å². The molecule has 2 N–H and O–H groups in total. The fraction of sp³-hybridized carbons (Fsp3) is 0.667. The Bertz CT molecular complexity index is 778. The monoisotopic (exact) mass is 380 g/mol. The standard InChI is InChI=1S/C18H29BN2O4S/c1-13-9-14(19-24-17(2,3)18(4,5)25-19)11-16(10-13)26(22,23)21-8-6-7-15(20)12-21/h9-11,15H,6-8,12,20H2,1-5H3. The number of rotatable bonds is 3. The van der Waals surface area contributed by atoms with E-state index in [1.807, 2.05) is 40.7 Å². The molecule has 6 nitrogen and oxygen atoms in total. The molecule has 2 aliphatic rings. The van der Waals surface area contributed by atoms with Gasteiger partial charge in [-0.3, -0.25) is 0 Å². The molecule has 0 radical (unpaired) electrons. The predicted octanol–water partition coefficient (Wildman–Crippen LogP) is 1.41. The van der Waals surface area contributed by atoms with Crippen LogP contribution in [0.15, 0.2) is 23.1 Å².